The van der Waals surface area contributed by atoms with Gasteiger partial charge in [-0.05, 0) is 19.4 Å². The van der Waals surface area contributed by atoms with E-state index >= 15 is 0 Å². The number of aliphatic carboxylic acids is 1. The minimum atomic E-state index is -1.09. The van der Waals surface area contributed by atoms with Crippen LogP contribution >= 0.6 is 15.9 Å². The Bertz CT molecular complexity index is 462. The van der Waals surface area contributed by atoms with E-state index < -0.39 is 23.7 Å². The third-order valence-corrected chi connectivity index (χ3v) is 3.91. The summed E-state index contributed by atoms with van der Waals surface area (Å²) in [4.78, 5) is 22.9. The molecule has 0 aliphatic rings. The molecule has 0 spiro atoms. The summed E-state index contributed by atoms with van der Waals surface area (Å²) in [7, 11) is 0. The molecule has 5 nitrogen and oxygen atoms in total. The zero-order chi connectivity index (χ0) is 15.2. The standard InChI is InChI=1S/C14H18BrNO4/c1-14(2,9-15)20-13(19)16-11(12(17)18)8-10-6-4-3-5-7-10/h3-7,11H,8-9H2,1-2H3,(H,16,19)(H,17,18). The number of halogens is 1. The lowest BCUT2D eigenvalue weighted by molar-refractivity contribution is -0.139. The number of alkyl halides is 1. The van der Waals surface area contributed by atoms with Crippen LogP contribution < -0.4 is 5.32 Å². The maximum absolute atomic E-state index is 11.7. The number of ether oxygens (including phenoxy) is 1. The second-order valence-corrected chi connectivity index (χ2v) is 5.57. The van der Waals surface area contributed by atoms with Crippen molar-refractivity contribution in [1.29, 1.82) is 0 Å². The molecule has 6 heteroatoms. The smallest absolute Gasteiger partial charge is 0.408 e. The van der Waals surface area contributed by atoms with Crippen molar-refractivity contribution in [2.75, 3.05) is 5.33 Å². The molecule has 20 heavy (non-hydrogen) atoms. The van der Waals surface area contributed by atoms with Crippen LogP contribution in [-0.2, 0) is 16.0 Å². The number of hydrogen-bond acceptors (Lipinski definition) is 3. The van der Waals surface area contributed by atoms with Gasteiger partial charge in [0, 0.05) is 11.8 Å². The van der Waals surface area contributed by atoms with E-state index in [0.717, 1.165) is 5.56 Å². The molecule has 1 atom stereocenters. The van der Waals surface area contributed by atoms with E-state index in [1.54, 1.807) is 13.8 Å². The zero-order valence-electron chi connectivity index (χ0n) is 11.4. The Balaban J connectivity index is 2.64. The second kappa shape index (κ2) is 7.28. The van der Waals surface area contributed by atoms with Crippen LogP contribution in [0, 0.1) is 0 Å². The van der Waals surface area contributed by atoms with Gasteiger partial charge in [0.15, 0.2) is 0 Å². The molecule has 110 valence electrons. The number of carboxylic acids is 1. The first-order valence-electron chi connectivity index (χ1n) is 6.16. The third-order valence-electron chi connectivity index (χ3n) is 2.56. The molecule has 0 bridgehead atoms. The van der Waals surface area contributed by atoms with Crippen molar-refractivity contribution in [2.45, 2.75) is 31.9 Å². The summed E-state index contributed by atoms with van der Waals surface area (Å²) in [6, 6.07) is 8.09. The fourth-order valence-electron chi connectivity index (χ4n) is 1.50. The Labute approximate surface area is 126 Å². The summed E-state index contributed by atoms with van der Waals surface area (Å²) < 4.78 is 5.15. The summed E-state index contributed by atoms with van der Waals surface area (Å²) in [6.45, 7) is 3.46. The first-order chi connectivity index (χ1) is 9.34. The molecular weight excluding hydrogens is 326 g/mol. The third kappa shape index (κ3) is 5.61. The highest BCUT2D eigenvalue weighted by Gasteiger charge is 2.26. The number of carbonyl (C=O) groups excluding carboxylic acids is 1. The van der Waals surface area contributed by atoms with Crippen molar-refractivity contribution >= 4 is 28.0 Å². The molecule has 0 aliphatic carbocycles. The highest BCUT2D eigenvalue weighted by Crippen LogP contribution is 2.13. The van der Waals surface area contributed by atoms with Crippen molar-refractivity contribution in [3.63, 3.8) is 0 Å². The summed E-state index contributed by atoms with van der Waals surface area (Å²) >= 11 is 3.23. The van der Waals surface area contributed by atoms with Gasteiger partial charge in [-0.25, -0.2) is 9.59 Å². The fourth-order valence-corrected chi connectivity index (χ4v) is 1.61. The summed E-state index contributed by atoms with van der Waals surface area (Å²) in [5.41, 5.74) is 0.139. The molecule has 2 N–H and O–H groups in total. The number of alkyl carbamates (subject to hydrolysis) is 1. The summed E-state index contributed by atoms with van der Waals surface area (Å²) in [5.74, 6) is -1.09. The van der Waals surface area contributed by atoms with Gasteiger partial charge >= 0.3 is 12.1 Å². The Morgan fingerprint density at radius 2 is 1.95 bits per heavy atom. The van der Waals surface area contributed by atoms with E-state index in [4.69, 9.17) is 9.84 Å². The zero-order valence-corrected chi connectivity index (χ0v) is 13.0. The normalized spacial score (nSPS) is 12.6. The minimum absolute atomic E-state index is 0.208. The van der Waals surface area contributed by atoms with Crippen LogP contribution in [0.2, 0.25) is 0 Å². The van der Waals surface area contributed by atoms with Crippen molar-refractivity contribution in [3.8, 4) is 0 Å². The molecule has 0 saturated heterocycles. The number of hydrogen-bond donors (Lipinski definition) is 2. The van der Waals surface area contributed by atoms with Crippen molar-refractivity contribution in [2.24, 2.45) is 0 Å². The number of amides is 1. The van der Waals surface area contributed by atoms with Gasteiger partial charge in [0.05, 0.1) is 0 Å². The lowest BCUT2D eigenvalue weighted by atomic mass is 10.1. The van der Waals surface area contributed by atoms with Gasteiger partial charge in [-0.1, -0.05) is 46.3 Å². The van der Waals surface area contributed by atoms with Gasteiger partial charge in [0.2, 0.25) is 0 Å². The highest BCUT2D eigenvalue weighted by molar-refractivity contribution is 9.09. The average molecular weight is 344 g/mol. The molecular formula is C14H18BrNO4. The maximum atomic E-state index is 11.7. The average Bonchev–Trinajstić information content (AvgIpc) is 2.38. The Morgan fingerprint density at radius 3 is 2.45 bits per heavy atom. The first-order valence-corrected chi connectivity index (χ1v) is 7.28. The first kappa shape index (κ1) is 16.5. The molecule has 0 saturated carbocycles. The van der Waals surface area contributed by atoms with E-state index in [0.29, 0.717) is 5.33 Å². The quantitative estimate of drug-likeness (QED) is 0.778. The molecule has 1 amide bonds. The van der Waals surface area contributed by atoms with Crippen LogP contribution in [0.3, 0.4) is 0 Å². The van der Waals surface area contributed by atoms with Gasteiger partial charge in [0.25, 0.3) is 0 Å². The number of carbonyl (C=O) groups is 2. The number of rotatable bonds is 6. The molecule has 0 aromatic heterocycles. The molecule has 1 aromatic rings. The minimum Gasteiger partial charge on any atom is -0.480 e. The van der Waals surface area contributed by atoms with E-state index in [1.165, 1.54) is 0 Å². The Kier molecular flexibility index (Phi) is 6.01. The van der Waals surface area contributed by atoms with Gasteiger partial charge in [0.1, 0.15) is 11.6 Å². The summed E-state index contributed by atoms with van der Waals surface area (Å²) in [6.07, 6.45) is -0.530. The molecule has 0 heterocycles. The fraction of sp³-hybridized carbons (Fsp3) is 0.429. The van der Waals surface area contributed by atoms with E-state index in [1.807, 2.05) is 30.3 Å². The van der Waals surface area contributed by atoms with E-state index in [9.17, 15) is 9.59 Å². The maximum Gasteiger partial charge on any atom is 0.408 e. The van der Waals surface area contributed by atoms with Crippen LogP contribution in [0.4, 0.5) is 4.79 Å². The van der Waals surface area contributed by atoms with Crippen LogP contribution in [-0.4, -0.2) is 34.1 Å². The Morgan fingerprint density at radius 1 is 1.35 bits per heavy atom. The van der Waals surface area contributed by atoms with Crippen LogP contribution in [0.5, 0.6) is 0 Å². The van der Waals surface area contributed by atoms with Crippen LogP contribution in [0.15, 0.2) is 30.3 Å². The number of nitrogens with one attached hydrogen (secondary N) is 1. The predicted octanol–water partition coefficient (Wildman–Crippen LogP) is 2.58. The van der Waals surface area contributed by atoms with Gasteiger partial charge in [-0.3, -0.25) is 0 Å². The monoisotopic (exact) mass is 343 g/mol. The molecule has 0 fully saturated rings. The van der Waals surface area contributed by atoms with Gasteiger partial charge in [-0.2, -0.15) is 0 Å². The second-order valence-electron chi connectivity index (χ2n) is 5.01. The van der Waals surface area contributed by atoms with Crippen molar-refractivity contribution in [1.82, 2.24) is 5.32 Å². The van der Waals surface area contributed by atoms with Crippen LogP contribution in [0.25, 0.3) is 0 Å². The summed E-state index contributed by atoms with van der Waals surface area (Å²) in [5, 5.41) is 12.0. The van der Waals surface area contributed by atoms with E-state index in [-0.39, 0.29) is 6.42 Å². The molecule has 0 aliphatic heterocycles. The Hall–Kier alpha value is -1.56. The molecule has 1 aromatic carbocycles. The van der Waals surface area contributed by atoms with E-state index in [2.05, 4.69) is 21.2 Å². The topological polar surface area (TPSA) is 75.6 Å². The highest BCUT2D eigenvalue weighted by atomic mass is 79.9. The van der Waals surface area contributed by atoms with Crippen LogP contribution in [0.1, 0.15) is 19.4 Å². The predicted molar refractivity (Wildman–Crippen MR) is 79.1 cm³/mol. The lowest BCUT2D eigenvalue weighted by Crippen LogP contribution is -2.45. The number of benzene rings is 1. The SMILES string of the molecule is CC(C)(CBr)OC(=O)NC(Cc1ccccc1)C(=O)O. The molecule has 1 rings (SSSR count). The van der Waals surface area contributed by atoms with Crippen molar-refractivity contribution < 1.29 is 19.4 Å². The van der Waals surface area contributed by atoms with Gasteiger partial charge < -0.3 is 15.2 Å². The van der Waals surface area contributed by atoms with Crippen molar-refractivity contribution in [3.05, 3.63) is 35.9 Å². The largest absolute Gasteiger partial charge is 0.480 e. The number of carboxylic acid groups (broad SMARTS) is 1. The molecule has 1 unspecified atom stereocenters. The molecule has 0 radical (unpaired) electrons. The lowest BCUT2D eigenvalue weighted by Gasteiger charge is -2.24. The van der Waals surface area contributed by atoms with Gasteiger partial charge in [-0.15, -0.1) is 0 Å².